The minimum absolute atomic E-state index is 0.326. The number of aromatic nitrogens is 2. The van der Waals surface area contributed by atoms with Crippen molar-refractivity contribution in [2.75, 3.05) is 14.1 Å². The first-order chi connectivity index (χ1) is 12.0. The molecule has 2 aromatic carbocycles. The van der Waals surface area contributed by atoms with Gasteiger partial charge in [-0.05, 0) is 38.6 Å². The molecule has 4 nitrogen and oxygen atoms in total. The molecule has 0 aliphatic heterocycles. The molecule has 0 spiro atoms. The molecule has 1 unspecified atom stereocenters. The normalized spacial score (nSPS) is 13.2. The summed E-state index contributed by atoms with van der Waals surface area (Å²) in [6.07, 6.45) is 0.843. The monoisotopic (exact) mass is 335 g/mol. The number of aryl methyl sites for hydroxylation is 1. The van der Waals surface area contributed by atoms with Gasteiger partial charge in [-0.25, -0.2) is 0 Å². The van der Waals surface area contributed by atoms with Crippen LogP contribution in [-0.4, -0.2) is 35.2 Å². The Kier molecular flexibility index (Phi) is 5.00. The lowest BCUT2D eigenvalue weighted by Crippen LogP contribution is -2.38. The van der Waals surface area contributed by atoms with Crippen molar-refractivity contribution in [1.82, 2.24) is 15.1 Å². The molecule has 3 aromatic rings. The van der Waals surface area contributed by atoms with E-state index in [1.165, 1.54) is 11.1 Å². The number of hydrogen-bond donors (Lipinski definition) is 0. The number of rotatable bonds is 6. The highest BCUT2D eigenvalue weighted by Crippen LogP contribution is 2.42. The van der Waals surface area contributed by atoms with E-state index in [1.54, 1.807) is 0 Å². The molecule has 0 N–H and O–H groups in total. The topological polar surface area (TPSA) is 42.2 Å². The highest BCUT2D eigenvalue weighted by atomic mass is 16.4. The molecule has 0 bridgehead atoms. The summed E-state index contributed by atoms with van der Waals surface area (Å²) in [5.74, 6) is 1.24. The van der Waals surface area contributed by atoms with Gasteiger partial charge in [0.15, 0.2) is 0 Å². The van der Waals surface area contributed by atoms with E-state index >= 15 is 0 Å². The number of nitrogens with zero attached hydrogens (tertiary/aromatic N) is 3. The fraction of sp³-hybridized carbons (Fsp3) is 0.333. The molecule has 4 heteroatoms. The lowest BCUT2D eigenvalue weighted by Gasteiger charge is -2.36. The van der Waals surface area contributed by atoms with Gasteiger partial charge >= 0.3 is 0 Å². The Bertz CT molecular complexity index is 757. The number of hydrogen-bond acceptors (Lipinski definition) is 4. The summed E-state index contributed by atoms with van der Waals surface area (Å²) in [6.45, 7) is 4.07. The molecule has 1 atom stereocenters. The smallest absolute Gasteiger partial charge is 0.231 e. The van der Waals surface area contributed by atoms with Crippen LogP contribution in [0.1, 0.15) is 36.3 Å². The van der Waals surface area contributed by atoms with Gasteiger partial charge in [0.2, 0.25) is 11.8 Å². The first-order valence-electron chi connectivity index (χ1n) is 8.62. The zero-order chi connectivity index (χ0) is 17.9. The fourth-order valence-corrected chi connectivity index (χ4v) is 3.28. The van der Waals surface area contributed by atoms with E-state index in [9.17, 15) is 0 Å². The van der Waals surface area contributed by atoms with E-state index in [0.29, 0.717) is 17.8 Å². The van der Waals surface area contributed by atoms with Gasteiger partial charge in [0.05, 0.1) is 5.41 Å². The molecule has 0 fully saturated rings. The summed E-state index contributed by atoms with van der Waals surface area (Å²) < 4.78 is 6.00. The van der Waals surface area contributed by atoms with Crippen LogP contribution in [0, 0.1) is 6.92 Å². The first-order valence-corrected chi connectivity index (χ1v) is 8.62. The second-order valence-corrected chi connectivity index (χ2v) is 6.78. The average molecular weight is 335 g/mol. The van der Waals surface area contributed by atoms with Gasteiger partial charge < -0.3 is 9.32 Å². The summed E-state index contributed by atoms with van der Waals surface area (Å²) in [6, 6.07) is 21.3. The van der Waals surface area contributed by atoms with Gasteiger partial charge in [0, 0.05) is 13.0 Å². The van der Waals surface area contributed by atoms with Gasteiger partial charge in [-0.3, -0.25) is 0 Å². The lowest BCUT2D eigenvalue weighted by atomic mass is 9.70. The predicted octanol–water partition coefficient (Wildman–Crippen LogP) is 4.05. The minimum Gasteiger partial charge on any atom is -0.424 e. The maximum Gasteiger partial charge on any atom is 0.231 e. The van der Waals surface area contributed by atoms with Crippen LogP contribution >= 0.6 is 0 Å². The maximum atomic E-state index is 6.00. The SMILES string of the molecule is Cc1nnc(C(CC(C)N(C)C)(c2ccccc2)c2ccccc2)o1. The van der Waals surface area contributed by atoms with Gasteiger partial charge in [-0.2, -0.15) is 0 Å². The van der Waals surface area contributed by atoms with Crippen LogP contribution in [0.2, 0.25) is 0 Å². The van der Waals surface area contributed by atoms with Crippen molar-refractivity contribution in [2.45, 2.75) is 31.7 Å². The van der Waals surface area contributed by atoms with Crippen molar-refractivity contribution in [1.29, 1.82) is 0 Å². The third-order valence-electron chi connectivity index (χ3n) is 4.91. The first kappa shape index (κ1) is 17.4. The van der Waals surface area contributed by atoms with Crippen LogP contribution in [0.25, 0.3) is 0 Å². The number of benzene rings is 2. The van der Waals surface area contributed by atoms with E-state index in [2.05, 4.69) is 84.6 Å². The molecule has 0 saturated heterocycles. The Hall–Kier alpha value is -2.46. The summed E-state index contributed by atoms with van der Waals surface area (Å²) in [5.41, 5.74) is 1.85. The van der Waals surface area contributed by atoms with Crippen LogP contribution in [-0.2, 0) is 5.41 Å². The summed E-state index contributed by atoms with van der Waals surface area (Å²) in [7, 11) is 4.20. The van der Waals surface area contributed by atoms with Crippen molar-refractivity contribution in [2.24, 2.45) is 0 Å². The lowest BCUT2D eigenvalue weighted by molar-refractivity contribution is 0.252. The van der Waals surface area contributed by atoms with E-state index in [1.807, 2.05) is 19.1 Å². The summed E-state index contributed by atoms with van der Waals surface area (Å²) in [4.78, 5) is 2.23. The largest absolute Gasteiger partial charge is 0.424 e. The highest BCUT2D eigenvalue weighted by molar-refractivity contribution is 5.45. The maximum absolute atomic E-state index is 6.00. The van der Waals surface area contributed by atoms with Crippen molar-refractivity contribution in [3.8, 4) is 0 Å². The standard InChI is InChI=1S/C21H25N3O/c1-16(24(3)4)15-21(18-11-7-5-8-12-18,19-13-9-6-10-14-19)20-23-22-17(2)25-20/h5-14,16H,15H2,1-4H3. The van der Waals surface area contributed by atoms with Gasteiger partial charge in [-0.1, -0.05) is 60.7 Å². The molecule has 0 radical (unpaired) electrons. The van der Waals surface area contributed by atoms with Gasteiger partial charge in [-0.15, -0.1) is 10.2 Å². The third kappa shape index (κ3) is 3.35. The van der Waals surface area contributed by atoms with Crippen LogP contribution in [0.5, 0.6) is 0 Å². The Morgan fingerprint density at radius 1 is 0.920 bits per heavy atom. The van der Waals surface area contributed by atoms with Crippen molar-refractivity contribution in [3.63, 3.8) is 0 Å². The van der Waals surface area contributed by atoms with Crippen molar-refractivity contribution in [3.05, 3.63) is 83.6 Å². The molecule has 130 valence electrons. The Morgan fingerprint density at radius 3 is 1.84 bits per heavy atom. The third-order valence-corrected chi connectivity index (χ3v) is 4.91. The highest BCUT2D eigenvalue weighted by Gasteiger charge is 2.42. The molecular formula is C21H25N3O. The fourth-order valence-electron chi connectivity index (χ4n) is 3.28. The quantitative estimate of drug-likeness (QED) is 0.681. The van der Waals surface area contributed by atoms with Crippen molar-refractivity contribution < 1.29 is 4.42 Å². The molecule has 25 heavy (non-hydrogen) atoms. The van der Waals surface area contributed by atoms with E-state index in [-0.39, 0.29) is 0 Å². The molecule has 0 aliphatic rings. The van der Waals surface area contributed by atoms with Crippen LogP contribution in [0.3, 0.4) is 0 Å². The second-order valence-electron chi connectivity index (χ2n) is 6.78. The second kappa shape index (κ2) is 7.19. The van der Waals surface area contributed by atoms with Gasteiger partial charge in [0.25, 0.3) is 0 Å². The van der Waals surface area contributed by atoms with Crippen LogP contribution < -0.4 is 0 Å². The molecule has 0 aliphatic carbocycles. The van der Waals surface area contributed by atoms with Gasteiger partial charge in [0.1, 0.15) is 0 Å². The minimum atomic E-state index is -0.479. The zero-order valence-electron chi connectivity index (χ0n) is 15.3. The summed E-state index contributed by atoms with van der Waals surface area (Å²) >= 11 is 0. The van der Waals surface area contributed by atoms with Crippen LogP contribution in [0.4, 0.5) is 0 Å². The summed E-state index contributed by atoms with van der Waals surface area (Å²) in [5, 5.41) is 8.57. The predicted molar refractivity (Wildman–Crippen MR) is 99.6 cm³/mol. The van der Waals surface area contributed by atoms with Crippen LogP contribution in [0.15, 0.2) is 65.1 Å². The Labute approximate surface area is 149 Å². The Morgan fingerprint density at radius 2 is 1.44 bits per heavy atom. The Balaban J connectivity index is 2.27. The van der Waals surface area contributed by atoms with E-state index in [0.717, 1.165) is 6.42 Å². The van der Waals surface area contributed by atoms with Crippen molar-refractivity contribution >= 4 is 0 Å². The average Bonchev–Trinajstić information content (AvgIpc) is 3.07. The molecule has 0 saturated carbocycles. The van der Waals surface area contributed by atoms with E-state index < -0.39 is 5.41 Å². The zero-order valence-corrected chi connectivity index (χ0v) is 15.3. The molecule has 0 amide bonds. The molecule has 1 aromatic heterocycles. The molecule has 1 heterocycles. The molecule has 3 rings (SSSR count). The molecular weight excluding hydrogens is 310 g/mol. The van der Waals surface area contributed by atoms with E-state index in [4.69, 9.17) is 4.42 Å².